The fraction of sp³-hybridized carbons (Fsp3) is 0.312. The molecular formula is C16H13Cl2F5N4O2S. The molecule has 3 rings (SSSR count). The first-order chi connectivity index (χ1) is 13.6. The summed E-state index contributed by atoms with van der Waals surface area (Å²) in [7, 11) is -8.76. The summed E-state index contributed by atoms with van der Waals surface area (Å²) in [6.45, 7) is -0.241. The van der Waals surface area contributed by atoms with Crippen LogP contribution in [0.3, 0.4) is 0 Å². The van der Waals surface area contributed by atoms with E-state index in [1.165, 1.54) is 7.11 Å². The number of carbonyl (C=O) groups excluding carboxylic acids is 1. The van der Waals surface area contributed by atoms with Gasteiger partial charge in [-0.25, -0.2) is 4.68 Å². The van der Waals surface area contributed by atoms with Gasteiger partial charge in [0.05, 0.1) is 27.8 Å². The van der Waals surface area contributed by atoms with Crippen molar-refractivity contribution in [1.29, 1.82) is 5.26 Å². The molecule has 0 atom stereocenters. The Hall–Kier alpha value is -2.07. The quantitative estimate of drug-likeness (QED) is 0.550. The van der Waals surface area contributed by atoms with Crippen molar-refractivity contribution in [3.8, 4) is 11.8 Å². The zero-order chi connectivity index (χ0) is 22.8. The van der Waals surface area contributed by atoms with Crippen molar-refractivity contribution in [2.75, 3.05) is 7.11 Å². The van der Waals surface area contributed by atoms with Crippen molar-refractivity contribution in [2.45, 2.75) is 29.8 Å². The largest absolute Gasteiger partial charge is 0.378 e. The number of amides is 1. The summed E-state index contributed by atoms with van der Waals surface area (Å²) in [6.07, 6.45) is 0.647. The Morgan fingerprint density at radius 1 is 1.30 bits per heavy atom. The van der Waals surface area contributed by atoms with Gasteiger partial charge in [0, 0.05) is 12.7 Å². The van der Waals surface area contributed by atoms with Crippen molar-refractivity contribution >= 4 is 39.3 Å². The topological polar surface area (TPSA) is 93.9 Å². The first-order valence-corrected chi connectivity index (χ1v) is 10.8. The fourth-order valence-corrected chi connectivity index (χ4v) is 4.66. The van der Waals surface area contributed by atoms with E-state index in [1.807, 2.05) is 0 Å². The predicted molar refractivity (Wildman–Crippen MR) is 101 cm³/mol. The minimum Gasteiger partial charge on any atom is -0.378 e. The van der Waals surface area contributed by atoms with E-state index in [9.17, 15) is 29.5 Å². The SMILES string of the molecule is COCc1c(C2(C(N)=O)CC2)c(C#N)nn1-c1c(Cl)cc(S(F)(F)(F)(F)F)cc1Cl. The van der Waals surface area contributed by atoms with Crippen LogP contribution in [0.2, 0.25) is 10.0 Å². The van der Waals surface area contributed by atoms with Gasteiger partial charge in [-0.05, 0) is 25.0 Å². The summed E-state index contributed by atoms with van der Waals surface area (Å²) in [5.74, 6) is -0.718. The lowest BCUT2D eigenvalue weighted by Crippen LogP contribution is -2.30. The summed E-state index contributed by atoms with van der Waals surface area (Å²) in [5.41, 5.74) is 3.90. The second-order valence-electron chi connectivity index (χ2n) is 6.78. The maximum absolute atomic E-state index is 13.2. The first kappa shape index (κ1) is 22.6. The van der Waals surface area contributed by atoms with E-state index in [2.05, 4.69) is 5.10 Å². The van der Waals surface area contributed by atoms with Gasteiger partial charge in [0.1, 0.15) is 16.7 Å². The van der Waals surface area contributed by atoms with E-state index in [0.29, 0.717) is 12.8 Å². The Bertz CT molecular complexity index is 1100. The van der Waals surface area contributed by atoms with Gasteiger partial charge in [0.15, 0.2) is 5.69 Å². The van der Waals surface area contributed by atoms with Crippen LogP contribution in [0.1, 0.15) is 29.8 Å². The van der Waals surface area contributed by atoms with Gasteiger partial charge >= 0.3 is 10.2 Å². The highest BCUT2D eigenvalue weighted by Gasteiger charge is 2.65. The van der Waals surface area contributed by atoms with Crippen LogP contribution >= 0.6 is 33.4 Å². The van der Waals surface area contributed by atoms with Gasteiger partial charge in [-0.3, -0.25) is 4.79 Å². The smallest absolute Gasteiger partial charge is 0.310 e. The zero-order valence-electron chi connectivity index (χ0n) is 15.1. The highest BCUT2D eigenvalue weighted by Crippen LogP contribution is 3.02. The number of aromatic nitrogens is 2. The second-order valence-corrected chi connectivity index (χ2v) is 10.0. The molecule has 1 aromatic carbocycles. The highest BCUT2D eigenvalue weighted by molar-refractivity contribution is 8.45. The van der Waals surface area contributed by atoms with E-state index in [-0.39, 0.29) is 41.4 Å². The molecule has 0 saturated heterocycles. The Morgan fingerprint density at radius 2 is 1.83 bits per heavy atom. The van der Waals surface area contributed by atoms with Gasteiger partial charge in [-0.1, -0.05) is 42.6 Å². The minimum absolute atomic E-state index is 0.0370. The molecule has 0 aliphatic heterocycles. The molecule has 1 saturated carbocycles. The molecule has 14 heteroatoms. The fourth-order valence-electron chi connectivity index (χ4n) is 3.20. The monoisotopic (exact) mass is 490 g/mol. The lowest BCUT2D eigenvalue weighted by atomic mass is 9.93. The molecule has 1 aromatic heterocycles. The Kier molecular flexibility index (Phi) is 4.69. The van der Waals surface area contributed by atoms with Crippen LogP contribution in [0, 0.1) is 11.3 Å². The molecule has 164 valence electrons. The maximum atomic E-state index is 13.2. The van der Waals surface area contributed by atoms with Crippen molar-refractivity contribution in [1.82, 2.24) is 9.78 Å². The number of benzene rings is 1. The number of carbonyl (C=O) groups is 1. The van der Waals surface area contributed by atoms with E-state index in [1.54, 1.807) is 6.07 Å². The summed E-state index contributed by atoms with van der Waals surface area (Å²) in [6, 6.07) is 1.87. The summed E-state index contributed by atoms with van der Waals surface area (Å²) in [5, 5.41) is 11.9. The number of nitrogens with zero attached hydrogens (tertiary/aromatic N) is 3. The lowest BCUT2D eigenvalue weighted by Gasteiger charge is -2.40. The van der Waals surface area contributed by atoms with Gasteiger partial charge in [-0.15, -0.1) is 0 Å². The van der Waals surface area contributed by atoms with Crippen molar-refractivity contribution in [2.24, 2.45) is 5.73 Å². The standard InChI is InChI=1S/C16H13Cl2F5N4O2S/c1-29-7-12-13(16(2-3-16)15(25)28)11(6-24)26-27(12)14-9(17)4-8(5-10(14)18)30(19,20,21,22)23/h4-5H,2-3,7H2,1H3,(H2,25,28). The van der Waals surface area contributed by atoms with Crippen LogP contribution in [-0.2, 0) is 21.6 Å². The average Bonchev–Trinajstić information content (AvgIpc) is 3.31. The van der Waals surface area contributed by atoms with Crippen molar-refractivity contribution in [3.05, 3.63) is 39.1 Å². The van der Waals surface area contributed by atoms with E-state index >= 15 is 0 Å². The number of halogens is 7. The van der Waals surface area contributed by atoms with Crippen LogP contribution in [0.25, 0.3) is 5.69 Å². The number of primary amides is 1. The lowest BCUT2D eigenvalue weighted by molar-refractivity contribution is -0.120. The predicted octanol–water partition coefficient (Wildman–Crippen LogP) is 5.37. The molecule has 0 bridgehead atoms. The summed E-state index contributed by atoms with van der Waals surface area (Å²) in [4.78, 5) is 9.72. The Labute approximate surface area is 177 Å². The van der Waals surface area contributed by atoms with Gasteiger partial charge in [0.25, 0.3) is 0 Å². The van der Waals surface area contributed by atoms with Crippen molar-refractivity contribution < 1.29 is 29.0 Å². The van der Waals surface area contributed by atoms with Crippen LogP contribution in [0.4, 0.5) is 19.4 Å². The van der Waals surface area contributed by atoms with Crippen LogP contribution in [0.15, 0.2) is 17.0 Å². The molecule has 2 aromatic rings. The van der Waals surface area contributed by atoms with E-state index in [4.69, 9.17) is 33.7 Å². The van der Waals surface area contributed by atoms with Gasteiger partial charge in [0.2, 0.25) is 5.91 Å². The molecule has 1 amide bonds. The third-order valence-electron chi connectivity index (χ3n) is 4.72. The molecule has 1 fully saturated rings. The zero-order valence-corrected chi connectivity index (χ0v) is 17.4. The average molecular weight is 491 g/mol. The highest BCUT2D eigenvalue weighted by atomic mass is 35.5. The normalized spacial score (nSPS) is 17.7. The molecule has 2 N–H and O–H groups in total. The molecule has 0 radical (unpaired) electrons. The first-order valence-electron chi connectivity index (χ1n) is 8.10. The Balaban J connectivity index is 2.32. The van der Waals surface area contributed by atoms with E-state index < -0.39 is 36.5 Å². The molecule has 30 heavy (non-hydrogen) atoms. The molecular weight excluding hydrogens is 478 g/mol. The molecule has 1 aliphatic carbocycles. The van der Waals surface area contributed by atoms with Crippen LogP contribution in [0.5, 0.6) is 0 Å². The number of rotatable bonds is 6. The number of nitrogens with two attached hydrogens (primary N) is 1. The van der Waals surface area contributed by atoms with Gasteiger partial charge in [-0.2, -0.15) is 10.4 Å². The third-order valence-corrected chi connectivity index (χ3v) is 6.42. The van der Waals surface area contributed by atoms with E-state index in [0.717, 1.165) is 4.68 Å². The minimum atomic E-state index is -10.1. The maximum Gasteiger partial charge on any atom is 0.310 e. The van der Waals surface area contributed by atoms with Crippen LogP contribution in [-0.4, -0.2) is 22.8 Å². The number of methoxy groups -OCH3 is 1. The number of hydrogen-bond donors (Lipinski definition) is 1. The number of hydrogen-bond acceptors (Lipinski definition) is 4. The molecule has 0 unspecified atom stereocenters. The summed E-state index contributed by atoms with van der Waals surface area (Å²) >= 11 is 11.8. The second kappa shape index (κ2) is 6.23. The molecule has 1 aliphatic rings. The number of ether oxygens (including phenoxy) is 1. The molecule has 0 spiro atoms. The van der Waals surface area contributed by atoms with Crippen LogP contribution < -0.4 is 5.73 Å². The number of nitriles is 1. The summed E-state index contributed by atoms with van der Waals surface area (Å²) < 4.78 is 71.8. The van der Waals surface area contributed by atoms with Crippen molar-refractivity contribution in [3.63, 3.8) is 0 Å². The molecule has 1 heterocycles. The van der Waals surface area contributed by atoms with Gasteiger partial charge < -0.3 is 10.5 Å². The Morgan fingerprint density at radius 3 is 2.20 bits per heavy atom. The molecule has 6 nitrogen and oxygen atoms in total. The third kappa shape index (κ3) is 3.71.